The molecule has 6 atom stereocenters. The molecular formula is C20H24O6. The van der Waals surface area contributed by atoms with Crippen molar-refractivity contribution in [2.45, 2.75) is 49.8 Å². The van der Waals surface area contributed by atoms with Crippen LogP contribution in [0.4, 0.5) is 0 Å². The quantitative estimate of drug-likeness (QED) is 0.603. The number of ether oxygens (including phenoxy) is 2. The Bertz CT molecular complexity index is 605. The molecule has 2 aromatic rings. The molecule has 0 unspecified atom stereocenters. The number of aliphatic hydroxyl groups excluding tert-OH is 4. The number of hydrogen-bond acceptors (Lipinski definition) is 6. The number of aliphatic hydroxyl groups is 4. The van der Waals surface area contributed by atoms with Gasteiger partial charge in [0.2, 0.25) is 0 Å². The van der Waals surface area contributed by atoms with Crippen LogP contribution in [0.25, 0.3) is 0 Å². The third kappa shape index (κ3) is 4.29. The summed E-state index contributed by atoms with van der Waals surface area (Å²) in [7, 11) is 0. The van der Waals surface area contributed by atoms with Crippen molar-refractivity contribution in [2.24, 2.45) is 0 Å². The van der Waals surface area contributed by atoms with Crippen LogP contribution >= 0.6 is 0 Å². The predicted molar refractivity (Wildman–Crippen MR) is 94.1 cm³/mol. The lowest BCUT2D eigenvalue weighted by atomic mass is 9.84. The van der Waals surface area contributed by atoms with Crippen LogP contribution in [0.2, 0.25) is 0 Å². The van der Waals surface area contributed by atoms with E-state index in [1.807, 2.05) is 60.7 Å². The summed E-state index contributed by atoms with van der Waals surface area (Å²) in [5, 5.41) is 40.7. The Hall–Kier alpha value is -1.80. The van der Waals surface area contributed by atoms with Crippen molar-refractivity contribution in [3.63, 3.8) is 0 Å². The maximum absolute atomic E-state index is 10.3. The fraction of sp³-hybridized carbons (Fsp3) is 0.400. The molecule has 0 heterocycles. The Morgan fingerprint density at radius 3 is 1.23 bits per heavy atom. The predicted octanol–water partition coefficient (Wildman–Crippen LogP) is 0.614. The second kappa shape index (κ2) is 8.73. The van der Waals surface area contributed by atoms with Crippen molar-refractivity contribution in [1.82, 2.24) is 0 Å². The van der Waals surface area contributed by atoms with Gasteiger partial charge in [-0.05, 0) is 11.1 Å². The van der Waals surface area contributed by atoms with Gasteiger partial charge in [-0.15, -0.1) is 0 Å². The van der Waals surface area contributed by atoms with E-state index in [0.29, 0.717) is 0 Å². The highest BCUT2D eigenvalue weighted by molar-refractivity contribution is 5.15. The average molecular weight is 360 g/mol. The first kappa shape index (κ1) is 19.0. The van der Waals surface area contributed by atoms with Gasteiger partial charge in [-0.2, -0.15) is 0 Å². The molecule has 0 amide bonds. The molecular weight excluding hydrogens is 336 g/mol. The molecule has 1 saturated carbocycles. The van der Waals surface area contributed by atoms with Gasteiger partial charge in [0.15, 0.2) is 0 Å². The van der Waals surface area contributed by atoms with Crippen LogP contribution in [-0.2, 0) is 22.7 Å². The van der Waals surface area contributed by atoms with E-state index in [1.165, 1.54) is 0 Å². The summed E-state index contributed by atoms with van der Waals surface area (Å²) in [6, 6.07) is 18.7. The van der Waals surface area contributed by atoms with Gasteiger partial charge in [-0.25, -0.2) is 0 Å². The van der Waals surface area contributed by atoms with Gasteiger partial charge in [0.1, 0.15) is 36.6 Å². The summed E-state index contributed by atoms with van der Waals surface area (Å²) in [5.74, 6) is 0. The largest absolute Gasteiger partial charge is 0.387 e. The number of benzene rings is 2. The molecule has 0 aliphatic heterocycles. The molecule has 2 aromatic carbocycles. The van der Waals surface area contributed by atoms with Gasteiger partial charge in [0, 0.05) is 0 Å². The molecule has 1 aliphatic rings. The van der Waals surface area contributed by atoms with E-state index < -0.39 is 36.6 Å². The van der Waals surface area contributed by atoms with Crippen LogP contribution in [0.3, 0.4) is 0 Å². The molecule has 0 radical (unpaired) electrons. The smallest absolute Gasteiger partial charge is 0.115 e. The zero-order valence-corrected chi connectivity index (χ0v) is 14.3. The first-order valence-electron chi connectivity index (χ1n) is 8.61. The minimum Gasteiger partial charge on any atom is -0.387 e. The highest BCUT2D eigenvalue weighted by atomic mass is 16.6. The van der Waals surface area contributed by atoms with Crippen LogP contribution in [0, 0.1) is 0 Å². The van der Waals surface area contributed by atoms with E-state index in [2.05, 4.69) is 0 Å². The molecule has 6 nitrogen and oxygen atoms in total. The monoisotopic (exact) mass is 360 g/mol. The van der Waals surface area contributed by atoms with E-state index in [0.717, 1.165) is 11.1 Å². The van der Waals surface area contributed by atoms with Gasteiger partial charge in [0.05, 0.1) is 13.2 Å². The van der Waals surface area contributed by atoms with Crippen LogP contribution in [0.1, 0.15) is 11.1 Å². The Morgan fingerprint density at radius 2 is 0.885 bits per heavy atom. The Labute approximate surface area is 152 Å². The van der Waals surface area contributed by atoms with E-state index in [1.54, 1.807) is 0 Å². The lowest BCUT2D eigenvalue weighted by Gasteiger charge is -2.43. The maximum atomic E-state index is 10.3. The van der Waals surface area contributed by atoms with Crippen LogP contribution < -0.4 is 0 Å². The topological polar surface area (TPSA) is 99.4 Å². The molecule has 1 fully saturated rings. The van der Waals surface area contributed by atoms with Crippen molar-refractivity contribution in [3.8, 4) is 0 Å². The average Bonchev–Trinajstić information content (AvgIpc) is 2.69. The lowest BCUT2D eigenvalue weighted by Crippen LogP contribution is -2.64. The molecule has 0 aromatic heterocycles. The van der Waals surface area contributed by atoms with Gasteiger partial charge in [-0.1, -0.05) is 60.7 Å². The minimum absolute atomic E-state index is 0.184. The van der Waals surface area contributed by atoms with E-state index >= 15 is 0 Å². The summed E-state index contributed by atoms with van der Waals surface area (Å²) in [4.78, 5) is 0. The lowest BCUT2D eigenvalue weighted by molar-refractivity contribution is -0.251. The molecule has 4 N–H and O–H groups in total. The second-order valence-electron chi connectivity index (χ2n) is 6.48. The third-order valence-corrected chi connectivity index (χ3v) is 4.62. The van der Waals surface area contributed by atoms with Gasteiger partial charge in [0.25, 0.3) is 0 Å². The zero-order valence-electron chi connectivity index (χ0n) is 14.3. The van der Waals surface area contributed by atoms with Crippen molar-refractivity contribution >= 4 is 0 Å². The highest BCUT2D eigenvalue weighted by Gasteiger charge is 2.50. The Kier molecular flexibility index (Phi) is 6.37. The highest BCUT2D eigenvalue weighted by Crippen LogP contribution is 2.27. The minimum atomic E-state index is -1.51. The molecule has 3 rings (SSSR count). The fourth-order valence-electron chi connectivity index (χ4n) is 3.10. The SMILES string of the molecule is O[C@@H]1[C@@H](O)[C@H](O)[C@H](OCc2ccccc2)[C@H](OCc2ccccc2)[C@H]1O. The third-order valence-electron chi connectivity index (χ3n) is 4.62. The number of hydrogen-bond donors (Lipinski definition) is 4. The van der Waals surface area contributed by atoms with Crippen molar-refractivity contribution in [2.75, 3.05) is 0 Å². The van der Waals surface area contributed by atoms with Crippen LogP contribution in [0.15, 0.2) is 60.7 Å². The maximum Gasteiger partial charge on any atom is 0.115 e. The fourth-order valence-corrected chi connectivity index (χ4v) is 3.10. The molecule has 0 bridgehead atoms. The standard InChI is InChI=1S/C20H24O6/c21-15-16(22)18(24)20(26-12-14-9-5-2-6-10-14)19(17(15)23)25-11-13-7-3-1-4-8-13/h1-10,15-24H,11-12H2/t15-,16-,17+,18+,19-,20+/m1/s1. The van der Waals surface area contributed by atoms with E-state index in [-0.39, 0.29) is 13.2 Å². The Balaban J connectivity index is 1.72. The molecule has 140 valence electrons. The van der Waals surface area contributed by atoms with Gasteiger partial charge < -0.3 is 29.9 Å². The number of rotatable bonds is 6. The van der Waals surface area contributed by atoms with Crippen molar-refractivity contribution in [1.29, 1.82) is 0 Å². The molecule has 26 heavy (non-hydrogen) atoms. The van der Waals surface area contributed by atoms with Crippen LogP contribution in [-0.4, -0.2) is 57.0 Å². The molecule has 6 heteroatoms. The summed E-state index contributed by atoms with van der Waals surface area (Å²) in [5.41, 5.74) is 1.77. The Morgan fingerprint density at radius 1 is 0.538 bits per heavy atom. The van der Waals surface area contributed by atoms with Crippen molar-refractivity contribution < 1.29 is 29.9 Å². The van der Waals surface area contributed by atoms with Gasteiger partial charge >= 0.3 is 0 Å². The summed E-state index contributed by atoms with van der Waals surface area (Å²) >= 11 is 0. The molecule has 0 saturated heterocycles. The first-order chi connectivity index (χ1) is 12.6. The van der Waals surface area contributed by atoms with Gasteiger partial charge in [-0.3, -0.25) is 0 Å². The summed E-state index contributed by atoms with van der Waals surface area (Å²) in [6.07, 6.45) is -7.74. The molecule has 0 spiro atoms. The summed E-state index contributed by atoms with van der Waals surface area (Å²) in [6.45, 7) is 0.368. The van der Waals surface area contributed by atoms with Crippen LogP contribution in [0.5, 0.6) is 0 Å². The van der Waals surface area contributed by atoms with Crippen molar-refractivity contribution in [3.05, 3.63) is 71.8 Å². The first-order valence-corrected chi connectivity index (χ1v) is 8.61. The van der Waals surface area contributed by atoms with E-state index in [9.17, 15) is 20.4 Å². The molecule has 1 aliphatic carbocycles. The summed E-state index contributed by atoms with van der Waals surface area (Å²) < 4.78 is 11.5. The zero-order chi connectivity index (χ0) is 18.5. The van der Waals surface area contributed by atoms with E-state index in [4.69, 9.17) is 9.47 Å². The normalized spacial score (nSPS) is 31.7. The second-order valence-corrected chi connectivity index (χ2v) is 6.48.